The summed E-state index contributed by atoms with van der Waals surface area (Å²) in [7, 11) is 1.52. The third kappa shape index (κ3) is 6.19. The number of benzene rings is 2. The number of ether oxygens (including phenoxy) is 2. The lowest BCUT2D eigenvalue weighted by Crippen LogP contribution is -2.28. The summed E-state index contributed by atoms with van der Waals surface area (Å²) >= 11 is 0. The highest BCUT2D eigenvalue weighted by Crippen LogP contribution is 2.30. The molecule has 1 aromatic heterocycles. The van der Waals surface area contributed by atoms with Crippen LogP contribution in [0.1, 0.15) is 45.7 Å². The van der Waals surface area contributed by atoms with Gasteiger partial charge in [-0.2, -0.15) is 5.26 Å². The molecule has 2 atom stereocenters. The molecule has 7 nitrogen and oxygen atoms in total. The number of amides is 1. The van der Waals surface area contributed by atoms with Crippen molar-refractivity contribution in [2.45, 2.75) is 32.9 Å². The minimum Gasteiger partial charge on any atom is -0.486 e. The highest BCUT2D eigenvalue weighted by Gasteiger charge is 2.17. The van der Waals surface area contributed by atoms with Crippen LogP contribution >= 0.6 is 0 Å². The number of methoxy groups -OCH3 is 1. The smallest absolute Gasteiger partial charge is 0.251 e. The zero-order valence-electron chi connectivity index (χ0n) is 19.8. The van der Waals surface area contributed by atoms with E-state index in [0.29, 0.717) is 28.0 Å². The van der Waals surface area contributed by atoms with Crippen molar-refractivity contribution in [1.29, 1.82) is 5.26 Å². The first-order chi connectivity index (χ1) is 16.3. The summed E-state index contributed by atoms with van der Waals surface area (Å²) in [5, 5.41) is 22.3. The van der Waals surface area contributed by atoms with Crippen LogP contribution in [0.15, 0.2) is 54.7 Å². The first-order valence-electron chi connectivity index (χ1n) is 11.0. The predicted molar refractivity (Wildman–Crippen MR) is 130 cm³/mol. The van der Waals surface area contributed by atoms with Gasteiger partial charge in [0.05, 0.1) is 30.9 Å². The Hall–Kier alpha value is -3.73. The lowest BCUT2D eigenvalue weighted by Gasteiger charge is -2.19. The Morgan fingerprint density at radius 1 is 1.18 bits per heavy atom. The van der Waals surface area contributed by atoms with Crippen LogP contribution in [0.2, 0.25) is 0 Å². The van der Waals surface area contributed by atoms with Gasteiger partial charge in [0, 0.05) is 24.6 Å². The predicted octanol–water partition coefficient (Wildman–Crippen LogP) is 4.11. The molecular weight excluding hydrogens is 430 g/mol. The van der Waals surface area contributed by atoms with E-state index in [1.165, 1.54) is 7.11 Å². The average Bonchev–Trinajstić information content (AvgIpc) is 2.83. The Labute approximate surface area is 200 Å². The van der Waals surface area contributed by atoms with E-state index in [1.54, 1.807) is 30.5 Å². The van der Waals surface area contributed by atoms with E-state index in [-0.39, 0.29) is 25.2 Å². The number of aromatic nitrogens is 1. The summed E-state index contributed by atoms with van der Waals surface area (Å²) in [6.45, 7) is 5.66. The SMILES string of the molecule is COCC(CO)Oc1cc(C(=O)N[C@H](C)c2ccc(C)nc2)cc(-c2ccc(C)cc2C#N)c1. The monoisotopic (exact) mass is 459 g/mol. The average molecular weight is 460 g/mol. The van der Waals surface area contributed by atoms with Crippen molar-refractivity contribution in [3.63, 3.8) is 0 Å². The van der Waals surface area contributed by atoms with Gasteiger partial charge in [-0.3, -0.25) is 9.78 Å². The van der Waals surface area contributed by atoms with Crippen LogP contribution in [0.5, 0.6) is 5.75 Å². The largest absolute Gasteiger partial charge is 0.486 e. The number of nitrogens with zero attached hydrogens (tertiary/aromatic N) is 2. The standard InChI is InChI=1S/C27H29N3O4/c1-17-5-8-26(23(9-17)13-28)21-10-22(12-24(11-21)34-25(15-31)16-33-4)27(32)30-19(3)20-7-6-18(2)29-14-20/h5-12,14,19,25,31H,15-16H2,1-4H3,(H,30,32)/t19-,25?/m1/s1. The zero-order chi connectivity index (χ0) is 24.7. The van der Waals surface area contributed by atoms with Gasteiger partial charge in [-0.05, 0) is 73.4 Å². The fourth-order valence-corrected chi connectivity index (χ4v) is 3.56. The van der Waals surface area contributed by atoms with Crippen molar-refractivity contribution in [3.8, 4) is 22.9 Å². The summed E-state index contributed by atoms with van der Waals surface area (Å²) in [6, 6.07) is 16.5. The van der Waals surface area contributed by atoms with Gasteiger partial charge in [0.25, 0.3) is 5.91 Å². The molecule has 0 saturated heterocycles. The van der Waals surface area contributed by atoms with Crippen LogP contribution in [-0.2, 0) is 4.74 Å². The number of carbonyl (C=O) groups excluding carboxylic acids is 1. The maximum atomic E-state index is 13.2. The van der Waals surface area contributed by atoms with Gasteiger partial charge in [-0.15, -0.1) is 0 Å². The minimum absolute atomic E-state index is 0.188. The van der Waals surface area contributed by atoms with E-state index < -0.39 is 6.10 Å². The van der Waals surface area contributed by atoms with Gasteiger partial charge in [0.15, 0.2) is 0 Å². The Bertz CT molecular complexity index is 1190. The molecule has 3 rings (SSSR count). The highest BCUT2D eigenvalue weighted by atomic mass is 16.5. The minimum atomic E-state index is -0.595. The molecule has 3 aromatic rings. The lowest BCUT2D eigenvalue weighted by molar-refractivity contribution is 0.0413. The van der Waals surface area contributed by atoms with Crippen molar-refractivity contribution in [3.05, 3.63) is 82.7 Å². The second kappa shape index (κ2) is 11.4. The molecule has 0 saturated carbocycles. The van der Waals surface area contributed by atoms with Crippen molar-refractivity contribution >= 4 is 5.91 Å². The van der Waals surface area contributed by atoms with Crippen molar-refractivity contribution in [1.82, 2.24) is 10.3 Å². The summed E-state index contributed by atoms with van der Waals surface area (Å²) in [6.07, 6.45) is 1.15. The Morgan fingerprint density at radius 3 is 2.62 bits per heavy atom. The normalized spacial score (nSPS) is 12.5. The maximum absolute atomic E-state index is 13.2. The van der Waals surface area contributed by atoms with Gasteiger partial charge >= 0.3 is 0 Å². The van der Waals surface area contributed by atoms with E-state index in [2.05, 4.69) is 16.4 Å². The fourth-order valence-electron chi connectivity index (χ4n) is 3.56. The summed E-state index contributed by atoms with van der Waals surface area (Å²) in [5.74, 6) is 0.102. The number of rotatable bonds is 9. The quantitative estimate of drug-likeness (QED) is 0.499. The second-order valence-electron chi connectivity index (χ2n) is 8.21. The van der Waals surface area contributed by atoms with Crippen LogP contribution < -0.4 is 10.1 Å². The highest BCUT2D eigenvalue weighted by molar-refractivity contribution is 5.96. The van der Waals surface area contributed by atoms with Gasteiger partial charge in [-0.1, -0.05) is 18.2 Å². The second-order valence-corrected chi connectivity index (χ2v) is 8.21. The number of aliphatic hydroxyl groups excluding tert-OH is 1. The van der Waals surface area contributed by atoms with Crippen LogP contribution in [0.3, 0.4) is 0 Å². The van der Waals surface area contributed by atoms with Crippen LogP contribution in [0.4, 0.5) is 0 Å². The molecular formula is C27H29N3O4. The van der Waals surface area contributed by atoms with Crippen molar-refractivity contribution < 1.29 is 19.4 Å². The van der Waals surface area contributed by atoms with E-state index >= 15 is 0 Å². The van der Waals surface area contributed by atoms with Crippen molar-refractivity contribution in [2.24, 2.45) is 0 Å². The number of nitriles is 1. The molecule has 1 unspecified atom stereocenters. The van der Waals surface area contributed by atoms with Crippen LogP contribution in [0.25, 0.3) is 11.1 Å². The number of hydrogen-bond acceptors (Lipinski definition) is 6. The molecule has 176 valence electrons. The Kier molecular flexibility index (Phi) is 8.36. The molecule has 0 aliphatic carbocycles. The van der Waals surface area contributed by atoms with Gasteiger partial charge < -0.3 is 19.9 Å². The molecule has 2 aromatic carbocycles. The molecule has 7 heteroatoms. The van der Waals surface area contributed by atoms with Crippen LogP contribution in [0, 0.1) is 25.2 Å². The topological polar surface area (TPSA) is 104 Å². The summed E-state index contributed by atoms with van der Waals surface area (Å²) < 4.78 is 11.0. The molecule has 1 amide bonds. The number of carbonyl (C=O) groups is 1. The lowest BCUT2D eigenvalue weighted by atomic mass is 9.96. The first-order valence-corrected chi connectivity index (χ1v) is 11.0. The Morgan fingerprint density at radius 2 is 1.97 bits per heavy atom. The molecule has 0 bridgehead atoms. The molecule has 0 radical (unpaired) electrons. The van der Waals surface area contributed by atoms with E-state index in [0.717, 1.165) is 16.8 Å². The third-order valence-electron chi connectivity index (χ3n) is 5.42. The molecule has 0 spiro atoms. The molecule has 2 N–H and O–H groups in total. The maximum Gasteiger partial charge on any atom is 0.251 e. The van der Waals surface area contributed by atoms with E-state index in [4.69, 9.17) is 9.47 Å². The van der Waals surface area contributed by atoms with Crippen LogP contribution in [-0.4, -0.2) is 42.4 Å². The number of aryl methyl sites for hydroxylation is 2. The number of aliphatic hydroxyl groups is 1. The van der Waals surface area contributed by atoms with E-state index in [1.807, 2.05) is 45.0 Å². The Balaban J connectivity index is 1.99. The molecule has 1 heterocycles. The first kappa shape index (κ1) is 24.9. The third-order valence-corrected chi connectivity index (χ3v) is 5.42. The molecule has 0 aliphatic heterocycles. The van der Waals surface area contributed by atoms with Crippen molar-refractivity contribution in [2.75, 3.05) is 20.3 Å². The number of hydrogen-bond donors (Lipinski definition) is 2. The zero-order valence-corrected chi connectivity index (χ0v) is 19.8. The molecule has 0 fully saturated rings. The molecule has 0 aliphatic rings. The van der Waals surface area contributed by atoms with Gasteiger partial charge in [0.2, 0.25) is 0 Å². The fraction of sp³-hybridized carbons (Fsp3) is 0.296. The van der Waals surface area contributed by atoms with Gasteiger partial charge in [0.1, 0.15) is 11.9 Å². The molecule has 34 heavy (non-hydrogen) atoms. The van der Waals surface area contributed by atoms with E-state index in [9.17, 15) is 15.2 Å². The van der Waals surface area contributed by atoms with Gasteiger partial charge in [-0.25, -0.2) is 0 Å². The number of nitrogens with one attached hydrogen (secondary N) is 1. The summed E-state index contributed by atoms with van der Waals surface area (Å²) in [4.78, 5) is 17.5. The summed E-state index contributed by atoms with van der Waals surface area (Å²) in [5.41, 5.74) is 4.98. The number of pyridine rings is 1.